The smallest absolute Gasteiger partial charge is 0.324 e. The second-order valence-electron chi connectivity index (χ2n) is 3.64. The third-order valence-corrected chi connectivity index (χ3v) is 3.26. The van der Waals surface area contributed by atoms with E-state index >= 15 is 0 Å². The molecule has 19 heavy (non-hydrogen) atoms. The van der Waals surface area contributed by atoms with Gasteiger partial charge < -0.3 is 9.52 Å². The molecule has 1 N–H and O–H groups in total. The lowest BCUT2D eigenvalue weighted by Gasteiger charge is -1.91. The van der Waals surface area contributed by atoms with Crippen molar-refractivity contribution in [3.63, 3.8) is 0 Å². The van der Waals surface area contributed by atoms with Crippen molar-refractivity contribution in [1.29, 1.82) is 0 Å². The van der Waals surface area contributed by atoms with E-state index < -0.39 is 10.9 Å². The molecular formula is C10H9N3O5S. The zero-order valence-electron chi connectivity index (χ0n) is 9.61. The third-order valence-electron chi connectivity index (χ3n) is 2.23. The van der Waals surface area contributed by atoms with Crippen LogP contribution in [0.1, 0.15) is 18.7 Å². The van der Waals surface area contributed by atoms with Crippen LogP contribution in [0.5, 0.6) is 0 Å². The van der Waals surface area contributed by atoms with Gasteiger partial charge >= 0.3 is 11.0 Å². The molecule has 0 atom stereocenters. The Hall–Kier alpha value is -2.29. The summed E-state index contributed by atoms with van der Waals surface area (Å²) in [6.45, 7) is 0. The average molecular weight is 283 g/mol. The second-order valence-corrected chi connectivity index (χ2v) is 4.71. The maximum Gasteiger partial charge on any atom is 0.324 e. The number of nitrogens with zero attached hydrogens (tertiary/aromatic N) is 3. The van der Waals surface area contributed by atoms with Gasteiger partial charge in [-0.05, 0) is 12.5 Å². The first-order chi connectivity index (χ1) is 9.06. The van der Waals surface area contributed by atoms with Crippen molar-refractivity contribution < 1.29 is 19.2 Å². The minimum atomic E-state index is -0.881. The van der Waals surface area contributed by atoms with Crippen molar-refractivity contribution in [3.05, 3.63) is 28.1 Å². The molecule has 100 valence electrons. The van der Waals surface area contributed by atoms with Gasteiger partial charge in [-0.2, -0.15) is 0 Å². The van der Waals surface area contributed by atoms with Crippen LogP contribution in [0.15, 0.2) is 16.5 Å². The summed E-state index contributed by atoms with van der Waals surface area (Å²) in [6, 6.07) is 2.91. The highest BCUT2D eigenvalue weighted by Crippen LogP contribution is 2.31. The van der Waals surface area contributed by atoms with Gasteiger partial charge in [-0.1, -0.05) is 11.3 Å². The highest BCUT2D eigenvalue weighted by Gasteiger charge is 2.15. The number of hydrogen-bond donors (Lipinski definition) is 1. The average Bonchev–Trinajstić information content (AvgIpc) is 2.95. The molecule has 0 amide bonds. The maximum atomic E-state index is 10.5. The summed E-state index contributed by atoms with van der Waals surface area (Å²) in [4.78, 5) is 20.9. The fourth-order valence-electron chi connectivity index (χ4n) is 1.39. The Morgan fingerprint density at radius 1 is 1.47 bits per heavy atom. The fraction of sp³-hybridized carbons (Fsp3) is 0.300. The van der Waals surface area contributed by atoms with E-state index in [9.17, 15) is 14.9 Å². The van der Waals surface area contributed by atoms with Gasteiger partial charge in [0.05, 0.1) is 9.80 Å². The number of nitro groups is 1. The monoisotopic (exact) mass is 283 g/mol. The van der Waals surface area contributed by atoms with Gasteiger partial charge in [-0.15, -0.1) is 10.2 Å². The summed E-state index contributed by atoms with van der Waals surface area (Å²) >= 11 is 0.947. The van der Waals surface area contributed by atoms with Crippen LogP contribution in [0.3, 0.4) is 0 Å². The topological polar surface area (TPSA) is 119 Å². The molecule has 0 aromatic carbocycles. The lowest BCUT2D eigenvalue weighted by molar-refractivity contribution is -0.380. The van der Waals surface area contributed by atoms with Crippen molar-refractivity contribution in [2.45, 2.75) is 19.3 Å². The van der Waals surface area contributed by atoms with Gasteiger partial charge in [0.1, 0.15) is 0 Å². The molecule has 0 bridgehead atoms. The lowest BCUT2D eigenvalue weighted by atomic mass is 10.2. The largest absolute Gasteiger partial charge is 0.481 e. The predicted molar refractivity (Wildman–Crippen MR) is 64.8 cm³/mol. The normalized spacial score (nSPS) is 10.5. The molecule has 0 saturated heterocycles. The van der Waals surface area contributed by atoms with E-state index in [-0.39, 0.29) is 17.3 Å². The fourth-order valence-corrected chi connectivity index (χ4v) is 2.13. The van der Waals surface area contributed by atoms with E-state index in [4.69, 9.17) is 9.52 Å². The minimum Gasteiger partial charge on any atom is -0.481 e. The molecule has 0 unspecified atom stereocenters. The van der Waals surface area contributed by atoms with Crippen molar-refractivity contribution >= 4 is 22.3 Å². The number of aryl methyl sites for hydroxylation is 1. The SMILES string of the molecule is O=C(O)CCCc1nnc(-c2ccc([N+](=O)[O-])s2)o1. The van der Waals surface area contributed by atoms with Gasteiger partial charge in [0.15, 0.2) is 0 Å². The van der Waals surface area contributed by atoms with Crippen LogP contribution < -0.4 is 0 Å². The third kappa shape index (κ3) is 3.35. The van der Waals surface area contributed by atoms with E-state index in [2.05, 4.69) is 10.2 Å². The van der Waals surface area contributed by atoms with E-state index in [1.54, 1.807) is 0 Å². The Morgan fingerprint density at radius 3 is 2.89 bits per heavy atom. The van der Waals surface area contributed by atoms with Crippen LogP contribution in [0.25, 0.3) is 10.8 Å². The number of carboxylic acids is 1. The molecule has 0 saturated carbocycles. The Bertz CT molecular complexity index is 606. The number of rotatable bonds is 6. The summed E-state index contributed by atoms with van der Waals surface area (Å²) in [5, 5.41) is 26.6. The first-order valence-electron chi connectivity index (χ1n) is 5.35. The molecule has 2 heterocycles. The van der Waals surface area contributed by atoms with Crippen LogP contribution >= 0.6 is 11.3 Å². The minimum absolute atomic E-state index is 0.000581. The molecule has 8 nitrogen and oxygen atoms in total. The highest BCUT2D eigenvalue weighted by atomic mass is 32.1. The van der Waals surface area contributed by atoms with Crippen LogP contribution in [-0.2, 0) is 11.2 Å². The zero-order valence-corrected chi connectivity index (χ0v) is 10.4. The maximum absolute atomic E-state index is 10.5. The number of carboxylic acid groups (broad SMARTS) is 1. The Labute approximate surface area is 110 Å². The number of carbonyl (C=O) groups is 1. The first-order valence-corrected chi connectivity index (χ1v) is 6.16. The van der Waals surface area contributed by atoms with E-state index in [1.807, 2.05) is 0 Å². The molecule has 2 aromatic heterocycles. The van der Waals surface area contributed by atoms with Gasteiger partial charge in [0.25, 0.3) is 5.89 Å². The Balaban J connectivity index is 2.03. The number of thiophene rings is 1. The van der Waals surface area contributed by atoms with Crippen LogP contribution in [0.2, 0.25) is 0 Å². The molecule has 0 aliphatic rings. The standard InChI is InChI=1S/C10H9N3O5S/c14-9(15)3-1-2-7-11-12-10(18-7)6-4-5-8(19-6)13(16)17/h4-5H,1-3H2,(H,14,15). The molecular weight excluding hydrogens is 274 g/mol. The van der Waals surface area contributed by atoms with Crippen LogP contribution in [0.4, 0.5) is 5.00 Å². The summed E-state index contributed by atoms with van der Waals surface area (Å²) < 4.78 is 5.32. The second kappa shape index (κ2) is 5.57. The lowest BCUT2D eigenvalue weighted by Crippen LogP contribution is -1.95. The molecule has 0 aliphatic heterocycles. The Morgan fingerprint density at radius 2 is 2.26 bits per heavy atom. The van der Waals surface area contributed by atoms with E-state index in [0.29, 0.717) is 23.6 Å². The van der Waals surface area contributed by atoms with Gasteiger partial charge in [-0.3, -0.25) is 14.9 Å². The van der Waals surface area contributed by atoms with Crippen LogP contribution in [-0.4, -0.2) is 26.2 Å². The first kappa shape index (κ1) is 13.1. The predicted octanol–water partition coefficient (Wildman–Crippen LogP) is 2.11. The molecule has 2 aromatic rings. The van der Waals surface area contributed by atoms with Crippen molar-refractivity contribution in [2.75, 3.05) is 0 Å². The molecule has 0 fully saturated rings. The van der Waals surface area contributed by atoms with Crippen molar-refractivity contribution in [1.82, 2.24) is 10.2 Å². The highest BCUT2D eigenvalue weighted by molar-refractivity contribution is 7.18. The summed E-state index contributed by atoms with van der Waals surface area (Å²) in [6.07, 6.45) is 0.802. The van der Waals surface area contributed by atoms with Gasteiger partial charge in [0, 0.05) is 18.9 Å². The van der Waals surface area contributed by atoms with Gasteiger partial charge in [0.2, 0.25) is 5.89 Å². The van der Waals surface area contributed by atoms with E-state index in [0.717, 1.165) is 11.3 Å². The Kier molecular flexibility index (Phi) is 3.85. The van der Waals surface area contributed by atoms with Crippen molar-refractivity contribution in [2.24, 2.45) is 0 Å². The summed E-state index contributed by atoms with van der Waals surface area (Å²) in [5.41, 5.74) is 0. The molecule has 2 rings (SSSR count). The van der Waals surface area contributed by atoms with Gasteiger partial charge in [-0.25, -0.2) is 0 Å². The number of hydrogen-bond acceptors (Lipinski definition) is 7. The molecule has 0 spiro atoms. The van der Waals surface area contributed by atoms with Crippen LogP contribution in [0, 0.1) is 10.1 Å². The summed E-state index contributed by atoms with van der Waals surface area (Å²) in [7, 11) is 0. The van der Waals surface area contributed by atoms with E-state index in [1.165, 1.54) is 12.1 Å². The zero-order chi connectivity index (χ0) is 13.8. The number of aliphatic carboxylic acids is 1. The number of aromatic nitrogens is 2. The summed E-state index contributed by atoms with van der Waals surface area (Å²) in [5.74, 6) is -0.343. The quantitative estimate of drug-likeness (QED) is 0.636. The molecule has 0 radical (unpaired) electrons. The molecule has 0 aliphatic carbocycles. The van der Waals surface area contributed by atoms with Crippen molar-refractivity contribution in [3.8, 4) is 10.8 Å². The molecule has 9 heteroatoms.